The van der Waals surface area contributed by atoms with Crippen LogP contribution in [0.15, 0.2) is 30.3 Å². The molecule has 8 heteroatoms. The van der Waals surface area contributed by atoms with Crippen molar-refractivity contribution in [2.75, 3.05) is 31.7 Å². The number of aliphatic hydroxyl groups excluding tert-OH is 1. The van der Waals surface area contributed by atoms with Gasteiger partial charge in [0.15, 0.2) is 9.84 Å². The minimum Gasteiger partial charge on any atom is -0.395 e. The minimum atomic E-state index is -3.14. The Morgan fingerprint density at radius 3 is 2.42 bits per heavy atom. The molecule has 1 N–H and O–H groups in total. The molecule has 0 spiro atoms. The van der Waals surface area contributed by atoms with Gasteiger partial charge in [-0.1, -0.05) is 30.3 Å². The van der Waals surface area contributed by atoms with E-state index < -0.39 is 27.7 Å². The van der Waals surface area contributed by atoms with Gasteiger partial charge in [-0.05, 0) is 12.0 Å². The number of hydrogen-bond donors (Lipinski definition) is 1. The summed E-state index contributed by atoms with van der Waals surface area (Å²) in [4.78, 5) is 27.4. The van der Waals surface area contributed by atoms with Crippen LogP contribution in [0.5, 0.6) is 0 Å². The van der Waals surface area contributed by atoms with E-state index >= 15 is 0 Å². The Morgan fingerprint density at radius 1 is 1.21 bits per heavy atom. The van der Waals surface area contributed by atoms with Crippen LogP contribution < -0.4 is 0 Å². The van der Waals surface area contributed by atoms with Crippen LogP contribution in [0.2, 0.25) is 0 Å². The summed E-state index contributed by atoms with van der Waals surface area (Å²) in [7, 11) is -1.69. The van der Waals surface area contributed by atoms with Crippen LogP contribution in [0.4, 0.5) is 0 Å². The van der Waals surface area contributed by atoms with Gasteiger partial charge < -0.3 is 14.9 Å². The highest BCUT2D eigenvalue weighted by Crippen LogP contribution is 2.17. The number of hydrogen-bond acceptors (Lipinski definition) is 5. The SMILES string of the molecule is CN(C(=O)C(=O)N(CCO)Cc1ccccc1)C1CCS(=O)(=O)C1. The quantitative estimate of drug-likeness (QED) is 0.730. The Balaban J connectivity index is 2.06. The summed E-state index contributed by atoms with van der Waals surface area (Å²) >= 11 is 0. The van der Waals surface area contributed by atoms with Crippen molar-refractivity contribution in [3.8, 4) is 0 Å². The molecular weight excluding hydrogens is 332 g/mol. The molecule has 0 saturated carbocycles. The third-order valence-corrected chi connectivity index (χ3v) is 5.88. The van der Waals surface area contributed by atoms with Gasteiger partial charge in [-0.3, -0.25) is 9.59 Å². The number of nitrogens with zero attached hydrogens (tertiary/aromatic N) is 2. The highest BCUT2D eigenvalue weighted by Gasteiger charge is 2.36. The first kappa shape index (κ1) is 18.4. The van der Waals surface area contributed by atoms with E-state index in [9.17, 15) is 18.0 Å². The van der Waals surface area contributed by atoms with E-state index in [4.69, 9.17) is 5.11 Å². The average molecular weight is 354 g/mol. The number of amides is 2. The lowest BCUT2D eigenvalue weighted by Crippen LogP contribution is -2.48. The van der Waals surface area contributed by atoms with Gasteiger partial charge in [-0.25, -0.2) is 8.42 Å². The third-order valence-electron chi connectivity index (χ3n) is 4.13. The lowest BCUT2D eigenvalue weighted by Gasteiger charge is -2.27. The maximum absolute atomic E-state index is 12.5. The van der Waals surface area contributed by atoms with Crippen molar-refractivity contribution >= 4 is 21.7 Å². The summed E-state index contributed by atoms with van der Waals surface area (Å²) in [6.07, 6.45) is 0.344. The number of aliphatic hydroxyl groups is 1. The van der Waals surface area contributed by atoms with Crippen LogP contribution in [0.25, 0.3) is 0 Å². The van der Waals surface area contributed by atoms with Gasteiger partial charge in [0, 0.05) is 26.2 Å². The number of likely N-dealkylation sites (N-methyl/N-ethyl adjacent to an activating group) is 1. The molecule has 0 aromatic heterocycles. The Bertz CT molecular complexity index is 690. The molecule has 1 heterocycles. The van der Waals surface area contributed by atoms with E-state index in [-0.39, 0.29) is 31.2 Å². The third kappa shape index (κ3) is 4.55. The zero-order valence-corrected chi connectivity index (χ0v) is 14.4. The molecule has 0 bridgehead atoms. The van der Waals surface area contributed by atoms with Gasteiger partial charge in [0.05, 0.1) is 18.1 Å². The monoisotopic (exact) mass is 354 g/mol. The number of benzene rings is 1. The second kappa shape index (κ2) is 7.76. The van der Waals surface area contributed by atoms with Crippen molar-refractivity contribution < 1.29 is 23.1 Å². The maximum Gasteiger partial charge on any atom is 0.312 e. The summed E-state index contributed by atoms with van der Waals surface area (Å²) in [6.45, 7) is -0.00751. The van der Waals surface area contributed by atoms with Crippen LogP contribution in [-0.4, -0.2) is 72.9 Å². The molecule has 0 radical (unpaired) electrons. The Morgan fingerprint density at radius 2 is 1.88 bits per heavy atom. The van der Waals surface area contributed by atoms with Gasteiger partial charge >= 0.3 is 11.8 Å². The molecule has 1 aliphatic rings. The molecule has 1 aliphatic heterocycles. The maximum atomic E-state index is 12.5. The van der Waals surface area contributed by atoms with E-state index in [1.807, 2.05) is 30.3 Å². The molecule has 1 aromatic carbocycles. The summed E-state index contributed by atoms with van der Waals surface area (Å²) in [5, 5.41) is 9.17. The average Bonchev–Trinajstić information content (AvgIpc) is 2.93. The van der Waals surface area contributed by atoms with Gasteiger partial charge in [0.1, 0.15) is 0 Å². The fourth-order valence-electron chi connectivity index (χ4n) is 2.71. The topological polar surface area (TPSA) is 95.0 Å². The van der Waals surface area contributed by atoms with Crippen molar-refractivity contribution in [2.45, 2.75) is 19.0 Å². The Kier molecular flexibility index (Phi) is 5.95. The van der Waals surface area contributed by atoms with Crippen molar-refractivity contribution in [2.24, 2.45) is 0 Å². The molecule has 0 aliphatic carbocycles. The molecular formula is C16H22N2O5S. The van der Waals surface area contributed by atoms with Crippen molar-refractivity contribution in [3.63, 3.8) is 0 Å². The minimum absolute atomic E-state index is 0.0356. The standard InChI is InChI=1S/C16H22N2O5S/c1-17(14-7-10-24(22,23)12-14)15(20)16(21)18(8-9-19)11-13-5-3-2-4-6-13/h2-6,14,19H,7-12H2,1H3. The molecule has 2 rings (SSSR count). The second-order valence-corrected chi connectivity index (χ2v) is 8.14. The zero-order valence-electron chi connectivity index (χ0n) is 13.6. The first-order chi connectivity index (χ1) is 11.3. The van der Waals surface area contributed by atoms with Crippen LogP contribution in [0.1, 0.15) is 12.0 Å². The highest BCUT2D eigenvalue weighted by atomic mass is 32.2. The van der Waals surface area contributed by atoms with Crippen molar-refractivity contribution in [1.82, 2.24) is 9.80 Å². The first-order valence-electron chi connectivity index (χ1n) is 7.75. The highest BCUT2D eigenvalue weighted by molar-refractivity contribution is 7.91. The first-order valence-corrected chi connectivity index (χ1v) is 9.57. The van der Waals surface area contributed by atoms with Crippen LogP contribution in [-0.2, 0) is 26.0 Å². The summed E-state index contributed by atoms with van der Waals surface area (Å²) < 4.78 is 23.1. The second-order valence-electron chi connectivity index (χ2n) is 5.91. The predicted molar refractivity (Wildman–Crippen MR) is 88.8 cm³/mol. The fraction of sp³-hybridized carbons (Fsp3) is 0.500. The fourth-order valence-corrected chi connectivity index (χ4v) is 4.48. The van der Waals surface area contributed by atoms with Crippen LogP contribution in [0, 0.1) is 0 Å². The predicted octanol–water partition coefficient (Wildman–Crippen LogP) is -0.347. The van der Waals surface area contributed by atoms with Crippen molar-refractivity contribution in [3.05, 3.63) is 35.9 Å². The molecule has 1 unspecified atom stereocenters. The molecule has 1 saturated heterocycles. The molecule has 24 heavy (non-hydrogen) atoms. The number of carbonyl (C=O) groups excluding carboxylic acids is 2. The van der Waals surface area contributed by atoms with E-state index in [1.54, 1.807) is 0 Å². The van der Waals surface area contributed by atoms with Gasteiger partial charge in [-0.15, -0.1) is 0 Å². The zero-order chi connectivity index (χ0) is 17.7. The van der Waals surface area contributed by atoms with Crippen LogP contribution >= 0.6 is 0 Å². The molecule has 132 valence electrons. The van der Waals surface area contributed by atoms with E-state index in [1.165, 1.54) is 16.8 Å². The number of sulfone groups is 1. The molecule has 7 nitrogen and oxygen atoms in total. The lowest BCUT2D eigenvalue weighted by atomic mass is 10.2. The van der Waals surface area contributed by atoms with E-state index in [0.717, 1.165) is 5.56 Å². The number of carbonyl (C=O) groups is 2. The van der Waals surface area contributed by atoms with E-state index in [2.05, 4.69) is 0 Å². The summed E-state index contributed by atoms with van der Waals surface area (Å²) in [6, 6.07) is 8.69. The smallest absolute Gasteiger partial charge is 0.312 e. The normalized spacial score (nSPS) is 19.0. The molecule has 1 fully saturated rings. The van der Waals surface area contributed by atoms with Gasteiger partial charge in [0.25, 0.3) is 0 Å². The largest absolute Gasteiger partial charge is 0.395 e. The van der Waals surface area contributed by atoms with Crippen LogP contribution in [0.3, 0.4) is 0 Å². The Labute approximate surface area is 141 Å². The molecule has 2 amide bonds. The molecule has 1 aromatic rings. The summed E-state index contributed by atoms with van der Waals surface area (Å²) in [5.74, 6) is -1.56. The van der Waals surface area contributed by atoms with Gasteiger partial charge in [0.2, 0.25) is 0 Å². The van der Waals surface area contributed by atoms with Crippen molar-refractivity contribution in [1.29, 1.82) is 0 Å². The van der Waals surface area contributed by atoms with Gasteiger partial charge in [-0.2, -0.15) is 0 Å². The van der Waals surface area contributed by atoms with E-state index in [0.29, 0.717) is 6.42 Å². The molecule has 1 atom stereocenters. The number of rotatable bonds is 5. The lowest BCUT2D eigenvalue weighted by molar-refractivity contribution is -0.152. The Hall–Kier alpha value is -1.93. The summed E-state index contributed by atoms with van der Waals surface area (Å²) in [5.41, 5.74) is 0.846.